The highest BCUT2D eigenvalue weighted by Gasteiger charge is 2.29. The smallest absolute Gasteiger partial charge is 0.395 e. The van der Waals surface area contributed by atoms with Gasteiger partial charge in [-0.15, -0.1) is 11.3 Å². The van der Waals surface area contributed by atoms with Crippen molar-refractivity contribution >= 4 is 37.0 Å². The summed E-state index contributed by atoms with van der Waals surface area (Å²) in [5.74, 6) is -0.485. The standard InChI is InChI=1S/C22H26N7O6PS.H2/c1-2-34-16-7-15(8-16)25-10-18(20(23)17-5-3-4-6-24-17)27-21(30)19-12-37-22(28-19)14-9-26-29(11-14)13-35-36(31,32)33;/h3-6,9-12,15-16H,2,7-8,13,23H2,1H3,(H,27,30)(H2,31,32,33);1H/b20-18+,25-10?;. The fourth-order valence-corrected chi connectivity index (χ4v) is 4.46. The van der Waals surface area contributed by atoms with E-state index < -0.39 is 20.5 Å². The van der Waals surface area contributed by atoms with Crippen LogP contribution in [0.25, 0.3) is 16.3 Å². The summed E-state index contributed by atoms with van der Waals surface area (Å²) >= 11 is 1.21. The first kappa shape index (κ1) is 26.8. The van der Waals surface area contributed by atoms with Gasteiger partial charge in [-0.1, -0.05) is 6.07 Å². The van der Waals surface area contributed by atoms with Crippen LogP contribution in [0.15, 0.2) is 52.9 Å². The Hall–Kier alpha value is -3.26. The quantitative estimate of drug-likeness (QED) is 0.204. The van der Waals surface area contributed by atoms with Crippen molar-refractivity contribution in [1.82, 2.24) is 25.1 Å². The van der Waals surface area contributed by atoms with E-state index in [1.54, 1.807) is 36.0 Å². The second-order valence-corrected chi connectivity index (χ2v) is 10.1. The van der Waals surface area contributed by atoms with Crippen molar-refractivity contribution in [3.8, 4) is 10.6 Å². The van der Waals surface area contributed by atoms with Crippen LogP contribution < -0.4 is 11.1 Å². The monoisotopic (exact) mass is 549 g/mol. The predicted octanol–water partition coefficient (Wildman–Crippen LogP) is 2.41. The molecule has 0 aromatic carbocycles. The summed E-state index contributed by atoms with van der Waals surface area (Å²) < 4.78 is 22.1. The highest BCUT2D eigenvalue weighted by Crippen LogP contribution is 2.36. The maximum Gasteiger partial charge on any atom is 0.471 e. The lowest BCUT2D eigenvalue weighted by Gasteiger charge is -2.32. The number of ether oxygens (including phenoxy) is 1. The number of nitrogens with two attached hydrogens (primary N) is 1. The summed E-state index contributed by atoms with van der Waals surface area (Å²) in [5.41, 5.74) is 8.10. The number of aromatic nitrogens is 4. The zero-order chi connectivity index (χ0) is 26.4. The van der Waals surface area contributed by atoms with Gasteiger partial charge in [-0.25, -0.2) is 14.2 Å². The van der Waals surface area contributed by atoms with Crippen LogP contribution in [0.1, 0.15) is 37.4 Å². The molecule has 15 heteroatoms. The van der Waals surface area contributed by atoms with E-state index in [1.807, 2.05) is 6.92 Å². The van der Waals surface area contributed by atoms with Crippen LogP contribution in [0.5, 0.6) is 0 Å². The van der Waals surface area contributed by atoms with Gasteiger partial charge in [0.25, 0.3) is 5.91 Å². The summed E-state index contributed by atoms with van der Waals surface area (Å²) in [6.45, 7) is 2.18. The summed E-state index contributed by atoms with van der Waals surface area (Å²) in [4.78, 5) is 43.9. The number of phosphoric acid groups is 1. The number of aliphatic imine (C=N–C) groups is 1. The normalized spacial score (nSPS) is 18.5. The number of hydrogen-bond acceptors (Lipinski definition) is 10. The minimum absolute atomic E-state index is 0. The maximum absolute atomic E-state index is 13.0. The van der Waals surface area contributed by atoms with Crippen LogP contribution in [-0.4, -0.2) is 60.4 Å². The molecular formula is C22H28N7O6PS. The van der Waals surface area contributed by atoms with Crippen LogP contribution in [0.2, 0.25) is 0 Å². The topological polar surface area (TPSA) is 187 Å². The fourth-order valence-electron chi connectivity index (χ4n) is 3.42. The third-order valence-electron chi connectivity index (χ3n) is 5.34. The number of carbonyl (C=O) groups is 1. The molecule has 1 fully saturated rings. The van der Waals surface area contributed by atoms with E-state index in [0.29, 0.717) is 28.6 Å². The van der Waals surface area contributed by atoms with Crippen molar-refractivity contribution in [2.75, 3.05) is 6.61 Å². The van der Waals surface area contributed by atoms with E-state index in [0.717, 1.165) is 12.8 Å². The summed E-state index contributed by atoms with van der Waals surface area (Å²) in [7, 11) is -4.63. The Morgan fingerprint density at radius 3 is 2.92 bits per heavy atom. The fraction of sp³-hybridized carbons (Fsp3) is 0.318. The van der Waals surface area contributed by atoms with Gasteiger partial charge >= 0.3 is 7.82 Å². The molecule has 37 heavy (non-hydrogen) atoms. The van der Waals surface area contributed by atoms with E-state index in [2.05, 4.69) is 29.9 Å². The van der Waals surface area contributed by atoms with Crippen LogP contribution in [0.4, 0.5) is 0 Å². The number of nitrogens with zero attached hydrogens (tertiary/aromatic N) is 5. The molecule has 1 amide bonds. The van der Waals surface area contributed by atoms with Crippen LogP contribution in [-0.2, 0) is 20.6 Å². The largest absolute Gasteiger partial charge is 0.471 e. The zero-order valence-corrected chi connectivity index (χ0v) is 21.5. The summed E-state index contributed by atoms with van der Waals surface area (Å²) in [6.07, 6.45) is 7.91. The molecule has 0 aliphatic heterocycles. The Labute approximate surface area is 217 Å². The molecule has 0 atom stereocenters. The van der Waals surface area contributed by atoms with Gasteiger partial charge < -0.3 is 25.6 Å². The summed E-state index contributed by atoms with van der Waals surface area (Å²) in [6, 6.07) is 5.38. The first-order valence-corrected chi connectivity index (χ1v) is 13.7. The molecule has 1 aliphatic rings. The summed E-state index contributed by atoms with van der Waals surface area (Å²) in [5, 5.41) is 8.84. The SMILES string of the molecule is CCOC1CC(N=C/C(NC(=O)c2csc(-c3cnn(COP(=O)(O)O)c3)n2)=C(\N)c2ccccn2)C1.[HH]. The molecule has 0 spiro atoms. The Kier molecular flexibility index (Phi) is 8.59. The molecular weight excluding hydrogens is 521 g/mol. The maximum atomic E-state index is 13.0. The molecule has 4 rings (SSSR count). The lowest BCUT2D eigenvalue weighted by Crippen LogP contribution is -2.35. The predicted molar refractivity (Wildman–Crippen MR) is 138 cm³/mol. The van der Waals surface area contributed by atoms with Crippen molar-refractivity contribution in [3.63, 3.8) is 0 Å². The Morgan fingerprint density at radius 2 is 2.22 bits per heavy atom. The lowest BCUT2D eigenvalue weighted by molar-refractivity contribution is -0.000593. The van der Waals surface area contributed by atoms with Crippen LogP contribution in [0, 0.1) is 0 Å². The number of amides is 1. The molecule has 1 saturated carbocycles. The molecule has 5 N–H and O–H groups in total. The van der Waals surface area contributed by atoms with Gasteiger partial charge in [-0.05, 0) is 31.9 Å². The molecule has 13 nitrogen and oxygen atoms in total. The third-order valence-corrected chi connectivity index (χ3v) is 6.68. The van der Waals surface area contributed by atoms with Crippen molar-refractivity contribution in [1.29, 1.82) is 0 Å². The number of hydrogen-bond donors (Lipinski definition) is 4. The first-order valence-electron chi connectivity index (χ1n) is 11.3. The first-order chi connectivity index (χ1) is 17.7. The van der Waals surface area contributed by atoms with E-state index in [4.69, 9.17) is 20.3 Å². The van der Waals surface area contributed by atoms with Crippen LogP contribution >= 0.6 is 19.2 Å². The molecule has 3 aromatic heterocycles. The van der Waals surface area contributed by atoms with Crippen molar-refractivity contribution in [2.45, 2.75) is 38.6 Å². The van der Waals surface area contributed by atoms with Crippen molar-refractivity contribution in [2.24, 2.45) is 10.7 Å². The molecule has 1 aliphatic carbocycles. The lowest BCUT2D eigenvalue weighted by atomic mass is 9.90. The molecule has 198 valence electrons. The van der Waals surface area contributed by atoms with Gasteiger partial charge in [0.1, 0.15) is 10.7 Å². The minimum Gasteiger partial charge on any atom is -0.395 e. The highest BCUT2D eigenvalue weighted by molar-refractivity contribution is 7.46. The van der Waals surface area contributed by atoms with Crippen LogP contribution in [0.3, 0.4) is 0 Å². The number of phosphoric ester groups is 1. The number of rotatable bonds is 11. The van der Waals surface area contributed by atoms with Gasteiger partial charge in [-0.3, -0.25) is 19.3 Å². The third kappa shape index (κ3) is 7.38. The minimum atomic E-state index is -4.63. The van der Waals surface area contributed by atoms with E-state index >= 15 is 0 Å². The van der Waals surface area contributed by atoms with E-state index in [1.165, 1.54) is 28.4 Å². The van der Waals surface area contributed by atoms with Gasteiger partial charge in [-0.2, -0.15) is 5.10 Å². The Morgan fingerprint density at radius 1 is 1.41 bits per heavy atom. The second kappa shape index (κ2) is 11.9. The zero-order valence-electron chi connectivity index (χ0n) is 19.8. The molecule has 0 unspecified atom stereocenters. The number of carbonyl (C=O) groups excluding carboxylic acids is 1. The number of pyridine rings is 1. The van der Waals surface area contributed by atoms with E-state index in [-0.39, 0.29) is 25.0 Å². The molecule has 0 radical (unpaired) electrons. The molecule has 0 saturated heterocycles. The van der Waals surface area contributed by atoms with Gasteiger partial charge in [0.05, 0.1) is 35.4 Å². The number of nitrogens with one attached hydrogen (secondary N) is 1. The number of thiazole rings is 1. The average Bonchev–Trinajstić information content (AvgIpc) is 3.53. The number of allylic oxidation sites excluding steroid dienone is 1. The molecule has 3 aromatic rings. The molecule has 0 bridgehead atoms. The van der Waals surface area contributed by atoms with Gasteiger partial charge in [0, 0.05) is 37.6 Å². The highest BCUT2D eigenvalue weighted by atomic mass is 32.1. The van der Waals surface area contributed by atoms with Crippen molar-refractivity contribution < 1.29 is 29.8 Å². The van der Waals surface area contributed by atoms with Gasteiger partial charge in [0.2, 0.25) is 0 Å². The molecule has 3 heterocycles. The van der Waals surface area contributed by atoms with Gasteiger partial charge in [0.15, 0.2) is 6.73 Å². The Bertz CT molecular complexity index is 1340. The Balaban J connectivity index is 0.00000400. The van der Waals surface area contributed by atoms with E-state index in [9.17, 15) is 9.36 Å². The van der Waals surface area contributed by atoms with Crippen molar-refractivity contribution in [3.05, 3.63) is 59.3 Å². The average molecular weight is 550 g/mol. The second-order valence-electron chi connectivity index (χ2n) is 8.03.